The van der Waals surface area contributed by atoms with E-state index in [1.807, 2.05) is 42.5 Å². The van der Waals surface area contributed by atoms with Crippen LogP contribution >= 0.6 is 7.14 Å². The zero-order valence-corrected chi connectivity index (χ0v) is 16.8. The van der Waals surface area contributed by atoms with Gasteiger partial charge in [0.1, 0.15) is 0 Å². The maximum Gasteiger partial charge on any atom is 0.172 e. The third kappa shape index (κ3) is 2.27. The van der Waals surface area contributed by atoms with Crippen LogP contribution in [0.4, 0.5) is 5.69 Å². The number of allylic oxidation sites excluding steroid dienone is 2. The SMILES string of the molecule is O=P1(c2ccccc2)C2=C(C3=CC=CCC3Nc3ccccc32)c2ccccc21. The largest absolute Gasteiger partial charge is 0.377 e. The molecule has 0 fully saturated rings. The molecule has 0 saturated heterocycles. The first-order valence-corrected chi connectivity index (χ1v) is 11.7. The summed E-state index contributed by atoms with van der Waals surface area (Å²) in [5, 5.41) is 6.57. The number of hydrogen-bond donors (Lipinski definition) is 1. The fourth-order valence-corrected chi connectivity index (χ4v) is 8.18. The van der Waals surface area contributed by atoms with Gasteiger partial charge < -0.3 is 9.88 Å². The number of nitrogens with one attached hydrogen (secondary N) is 1. The van der Waals surface area contributed by atoms with Crippen LogP contribution in [0.5, 0.6) is 0 Å². The first kappa shape index (κ1) is 16.8. The third-order valence-corrected chi connectivity index (χ3v) is 9.33. The predicted molar refractivity (Wildman–Crippen MR) is 122 cm³/mol. The Balaban J connectivity index is 1.79. The fourth-order valence-electron chi connectivity index (χ4n) is 4.89. The average molecular weight is 393 g/mol. The lowest BCUT2D eigenvalue weighted by Gasteiger charge is -2.24. The maximum atomic E-state index is 15.1. The van der Waals surface area contributed by atoms with Crippen LogP contribution in [0.2, 0.25) is 0 Å². The monoisotopic (exact) mass is 393 g/mol. The molecular weight excluding hydrogens is 373 g/mol. The van der Waals surface area contributed by atoms with Crippen LogP contribution in [-0.2, 0) is 4.57 Å². The second kappa shape index (κ2) is 6.20. The molecule has 2 unspecified atom stereocenters. The number of fused-ring (bicyclic) bond motifs is 6. The highest BCUT2D eigenvalue weighted by Crippen LogP contribution is 2.67. The highest BCUT2D eigenvalue weighted by molar-refractivity contribution is 7.88. The molecule has 0 amide bonds. The Morgan fingerprint density at radius 1 is 0.828 bits per heavy atom. The Kier molecular flexibility index (Phi) is 3.60. The van der Waals surface area contributed by atoms with E-state index in [1.54, 1.807) is 0 Å². The first-order valence-electron chi connectivity index (χ1n) is 10.0. The quantitative estimate of drug-likeness (QED) is 0.548. The van der Waals surface area contributed by atoms with Crippen molar-refractivity contribution in [3.05, 3.63) is 114 Å². The van der Waals surface area contributed by atoms with Crippen molar-refractivity contribution in [2.45, 2.75) is 12.5 Å². The van der Waals surface area contributed by atoms with Crippen molar-refractivity contribution in [1.29, 1.82) is 0 Å². The average Bonchev–Trinajstić information content (AvgIpc) is 2.95. The molecule has 3 heteroatoms. The van der Waals surface area contributed by atoms with E-state index in [4.69, 9.17) is 0 Å². The van der Waals surface area contributed by atoms with E-state index < -0.39 is 7.14 Å². The van der Waals surface area contributed by atoms with E-state index in [0.29, 0.717) is 0 Å². The standard InChI is InChI=1S/C26H20NOP/c28-29(18-10-2-1-3-11-18)24-17-9-6-14-21(24)25-19-12-4-7-15-22(19)27-23-16-8-5-13-20(23)26(25)29/h1-14,16-17,22,27H,15H2. The molecule has 2 heterocycles. The summed E-state index contributed by atoms with van der Waals surface area (Å²) < 4.78 is 15.1. The lowest BCUT2D eigenvalue weighted by Crippen LogP contribution is -2.23. The highest BCUT2D eigenvalue weighted by atomic mass is 31.2. The van der Waals surface area contributed by atoms with Gasteiger partial charge in [-0.15, -0.1) is 0 Å². The normalized spacial score (nSPS) is 23.9. The molecule has 29 heavy (non-hydrogen) atoms. The zero-order valence-electron chi connectivity index (χ0n) is 15.9. The van der Waals surface area contributed by atoms with Gasteiger partial charge in [0.25, 0.3) is 0 Å². The summed E-state index contributed by atoms with van der Waals surface area (Å²) in [4.78, 5) is 0. The van der Waals surface area contributed by atoms with Crippen LogP contribution in [-0.4, -0.2) is 6.04 Å². The summed E-state index contributed by atoms with van der Waals surface area (Å²) in [5.74, 6) is 0. The molecule has 3 aliphatic rings. The molecule has 0 radical (unpaired) electrons. The Morgan fingerprint density at radius 2 is 1.55 bits per heavy atom. The van der Waals surface area contributed by atoms with Crippen LogP contribution in [0.15, 0.2) is 103 Å². The van der Waals surface area contributed by atoms with E-state index in [-0.39, 0.29) is 6.04 Å². The molecule has 0 bridgehead atoms. The minimum Gasteiger partial charge on any atom is -0.377 e. The summed E-state index contributed by atoms with van der Waals surface area (Å²) in [5.41, 5.74) is 5.62. The van der Waals surface area contributed by atoms with Crippen LogP contribution in [0, 0.1) is 0 Å². The van der Waals surface area contributed by atoms with Crippen molar-refractivity contribution >= 4 is 34.3 Å². The van der Waals surface area contributed by atoms with E-state index >= 15 is 4.57 Å². The third-order valence-electron chi connectivity index (χ3n) is 6.14. The van der Waals surface area contributed by atoms with Gasteiger partial charge in [-0.25, -0.2) is 0 Å². The summed E-state index contributed by atoms with van der Waals surface area (Å²) in [6, 6.07) is 26.8. The molecule has 3 aromatic rings. The van der Waals surface area contributed by atoms with Crippen molar-refractivity contribution < 1.29 is 4.57 Å². The number of hydrogen-bond acceptors (Lipinski definition) is 2. The minimum absolute atomic E-state index is 0.184. The van der Waals surface area contributed by atoms with Crippen molar-refractivity contribution in [2.24, 2.45) is 0 Å². The van der Waals surface area contributed by atoms with Gasteiger partial charge in [-0.3, -0.25) is 0 Å². The van der Waals surface area contributed by atoms with Gasteiger partial charge in [0.15, 0.2) is 7.14 Å². The van der Waals surface area contributed by atoms with Gasteiger partial charge in [-0.1, -0.05) is 91.0 Å². The van der Waals surface area contributed by atoms with E-state index in [0.717, 1.165) is 44.7 Å². The zero-order chi connectivity index (χ0) is 19.4. The smallest absolute Gasteiger partial charge is 0.172 e. The van der Waals surface area contributed by atoms with Gasteiger partial charge in [-0.2, -0.15) is 0 Å². The number of rotatable bonds is 1. The molecule has 6 rings (SSSR count). The summed E-state index contributed by atoms with van der Waals surface area (Å²) in [7, 11) is -2.99. The van der Waals surface area contributed by atoms with Gasteiger partial charge in [0, 0.05) is 27.2 Å². The Labute approximate surface area is 170 Å². The topological polar surface area (TPSA) is 29.1 Å². The lowest BCUT2D eigenvalue weighted by molar-refractivity contribution is 0.593. The molecule has 1 aliphatic carbocycles. The highest BCUT2D eigenvalue weighted by Gasteiger charge is 2.46. The Bertz CT molecular complexity index is 1280. The predicted octanol–water partition coefficient (Wildman–Crippen LogP) is 5.56. The Morgan fingerprint density at radius 3 is 2.41 bits per heavy atom. The van der Waals surface area contributed by atoms with Crippen LogP contribution in [0.1, 0.15) is 17.5 Å². The molecule has 1 N–H and O–H groups in total. The van der Waals surface area contributed by atoms with Crippen molar-refractivity contribution in [3.8, 4) is 0 Å². The molecule has 2 aliphatic heterocycles. The maximum absolute atomic E-state index is 15.1. The van der Waals surface area contributed by atoms with Crippen LogP contribution in [0.25, 0.3) is 10.9 Å². The molecular formula is C26H20NOP. The molecule has 3 aromatic carbocycles. The van der Waals surface area contributed by atoms with E-state index in [9.17, 15) is 0 Å². The molecule has 0 spiro atoms. The van der Waals surface area contributed by atoms with E-state index in [2.05, 4.69) is 59.9 Å². The number of para-hydroxylation sites is 1. The summed E-state index contributed by atoms with van der Waals surface area (Å²) in [6.07, 6.45) is 7.45. The Hall–Kier alpha value is -3.09. The molecule has 140 valence electrons. The minimum atomic E-state index is -2.99. The molecule has 0 saturated carbocycles. The van der Waals surface area contributed by atoms with Gasteiger partial charge in [-0.05, 0) is 29.2 Å². The summed E-state index contributed by atoms with van der Waals surface area (Å²) in [6.45, 7) is 0. The summed E-state index contributed by atoms with van der Waals surface area (Å²) >= 11 is 0. The van der Waals surface area contributed by atoms with Crippen molar-refractivity contribution in [1.82, 2.24) is 0 Å². The second-order valence-corrected chi connectivity index (χ2v) is 10.4. The second-order valence-electron chi connectivity index (χ2n) is 7.71. The molecule has 2 atom stereocenters. The van der Waals surface area contributed by atoms with Gasteiger partial charge in [0.2, 0.25) is 0 Å². The molecule has 2 nitrogen and oxygen atoms in total. The van der Waals surface area contributed by atoms with Crippen molar-refractivity contribution in [2.75, 3.05) is 5.32 Å². The van der Waals surface area contributed by atoms with Crippen LogP contribution in [0.3, 0.4) is 0 Å². The van der Waals surface area contributed by atoms with Crippen molar-refractivity contribution in [3.63, 3.8) is 0 Å². The number of anilines is 1. The fraction of sp³-hybridized carbons (Fsp3) is 0.0769. The van der Waals surface area contributed by atoms with Gasteiger partial charge >= 0.3 is 0 Å². The molecule has 0 aromatic heterocycles. The lowest BCUT2D eigenvalue weighted by atomic mass is 9.88. The van der Waals surface area contributed by atoms with Gasteiger partial charge in [0.05, 0.1) is 6.04 Å². The first-order chi connectivity index (χ1) is 14.3. The van der Waals surface area contributed by atoms with E-state index in [1.165, 1.54) is 5.57 Å². The van der Waals surface area contributed by atoms with Crippen LogP contribution < -0.4 is 15.9 Å². The number of benzene rings is 3.